The Kier molecular flexibility index (Phi) is 6.23. The predicted octanol–water partition coefficient (Wildman–Crippen LogP) is 3.68. The molecule has 0 heterocycles. The lowest BCUT2D eigenvalue weighted by Gasteiger charge is -2.46. The van der Waals surface area contributed by atoms with Gasteiger partial charge in [-0.3, -0.25) is 4.79 Å². The molecule has 0 atom stereocenters. The molecule has 0 unspecified atom stereocenters. The van der Waals surface area contributed by atoms with E-state index in [-0.39, 0.29) is 22.8 Å². The summed E-state index contributed by atoms with van der Waals surface area (Å²) in [5, 5.41) is 2.71. The number of nitrogens with one attached hydrogen (secondary N) is 1. The van der Waals surface area contributed by atoms with Crippen molar-refractivity contribution in [1.29, 1.82) is 0 Å². The summed E-state index contributed by atoms with van der Waals surface area (Å²) < 4.78 is 0. The number of hydrogen-bond acceptors (Lipinski definition) is 2. The van der Waals surface area contributed by atoms with Crippen molar-refractivity contribution >= 4 is 11.9 Å². The molecule has 1 aliphatic carbocycles. The van der Waals surface area contributed by atoms with Crippen molar-refractivity contribution in [2.45, 2.75) is 58.8 Å². The average molecular weight is 374 g/mol. The molecular weight excluding hydrogens is 338 g/mol. The van der Waals surface area contributed by atoms with Gasteiger partial charge in [0.1, 0.15) is 0 Å². The highest BCUT2D eigenvalue weighted by atomic mass is 16.2. The topological polar surface area (TPSA) is 75.4 Å². The molecule has 3 amide bonds. The summed E-state index contributed by atoms with van der Waals surface area (Å²) in [5.74, 6) is -0.387. The highest BCUT2D eigenvalue weighted by Gasteiger charge is 2.41. The fraction of sp³-hybridized carbons (Fsp3) is 0.636. The van der Waals surface area contributed by atoms with Crippen LogP contribution in [0.25, 0.3) is 0 Å². The van der Waals surface area contributed by atoms with Gasteiger partial charge in [-0.05, 0) is 55.9 Å². The van der Waals surface area contributed by atoms with Crippen LogP contribution in [0.4, 0.5) is 4.79 Å². The molecule has 1 saturated carbocycles. The van der Waals surface area contributed by atoms with Crippen LogP contribution in [0.5, 0.6) is 0 Å². The van der Waals surface area contributed by atoms with Gasteiger partial charge in [0, 0.05) is 20.1 Å². The summed E-state index contributed by atoms with van der Waals surface area (Å²) >= 11 is 0. The van der Waals surface area contributed by atoms with Gasteiger partial charge in [-0.2, -0.15) is 0 Å². The largest absolute Gasteiger partial charge is 0.369 e. The number of urea groups is 1. The van der Waals surface area contributed by atoms with Gasteiger partial charge in [0.25, 0.3) is 0 Å². The smallest absolute Gasteiger partial charge is 0.317 e. The van der Waals surface area contributed by atoms with Gasteiger partial charge in [-0.25, -0.2) is 4.79 Å². The summed E-state index contributed by atoms with van der Waals surface area (Å²) in [4.78, 5) is 25.9. The molecule has 0 aliphatic heterocycles. The minimum Gasteiger partial charge on any atom is -0.369 e. The maximum Gasteiger partial charge on any atom is 0.317 e. The predicted molar refractivity (Wildman–Crippen MR) is 109 cm³/mol. The monoisotopic (exact) mass is 373 g/mol. The minimum absolute atomic E-state index is 0.0362. The zero-order valence-electron chi connectivity index (χ0n) is 17.5. The molecule has 0 bridgehead atoms. The first-order chi connectivity index (χ1) is 12.5. The molecule has 150 valence electrons. The molecule has 0 saturated heterocycles. The van der Waals surface area contributed by atoms with Crippen LogP contribution in [0, 0.1) is 10.8 Å². The Hall–Kier alpha value is -2.04. The Morgan fingerprint density at radius 3 is 2.15 bits per heavy atom. The van der Waals surface area contributed by atoms with E-state index in [9.17, 15) is 9.59 Å². The molecule has 5 nitrogen and oxygen atoms in total. The second-order valence-electron chi connectivity index (χ2n) is 9.40. The van der Waals surface area contributed by atoms with E-state index in [2.05, 4.69) is 49.5 Å². The first-order valence-electron chi connectivity index (χ1n) is 9.83. The SMILES string of the molecule is CNC(=O)N(CC1(C)CCC(C)(c2ccccc2)CC1)CC(C)(C)C(N)=O. The molecule has 27 heavy (non-hydrogen) atoms. The number of carbonyl (C=O) groups excluding carboxylic acids is 2. The summed E-state index contributed by atoms with van der Waals surface area (Å²) in [6.07, 6.45) is 4.27. The van der Waals surface area contributed by atoms with E-state index < -0.39 is 5.41 Å². The second kappa shape index (κ2) is 7.91. The number of benzene rings is 1. The van der Waals surface area contributed by atoms with Crippen LogP contribution in [0.2, 0.25) is 0 Å². The third-order valence-electron chi connectivity index (χ3n) is 6.36. The number of nitrogens with zero attached hydrogens (tertiary/aromatic N) is 1. The van der Waals surface area contributed by atoms with Crippen molar-refractivity contribution in [3.63, 3.8) is 0 Å². The Morgan fingerprint density at radius 1 is 1.11 bits per heavy atom. The van der Waals surface area contributed by atoms with Gasteiger partial charge in [0.05, 0.1) is 5.41 Å². The number of rotatable bonds is 6. The minimum atomic E-state index is -0.754. The first kappa shape index (κ1) is 21.3. The van der Waals surface area contributed by atoms with Gasteiger partial charge in [0.2, 0.25) is 5.91 Å². The summed E-state index contributed by atoms with van der Waals surface area (Å²) in [7, 11) is 1.63. The molecule has 5 heteroatoms. The molecule has 0 aromatic heterocycles. The molecule has 1 aromatic carbocycles. The number of carbonyl (C=O) groups is 2. The lowest BCUT2D eigenvalue weighted by Crippen LogP contribution is -2.52. The molecule has 1 aliphatic rings. The van der Waals surface area contributed by atoms with E-state index in [1.807, 2.05) is 0 Å². The maximum absolute atomic E-state index is 12.4. The van der Waals surface area contributed by atoms with Gasteiger partial charge in [-0.1, -0.05) is 44.2 Å². The van der Waals surface area contributed by atoms with Crippen molar-refractivity contribution in [3.8, 4) is 0 Å². The second-order valence-corrected chi connectivity index (χ2v) is 9.40. The fourth-order valence-corrected chi connectivity index (χ4v) is 4.07. The van der Waals surface area contributed by atoms with E-state index in [0.717, 1.165) is 25.7 Å². The summed E-state index contributed by atoms with van der Waals surface area (Å²) in [6, 6.07) is 10.5. The van der Waals surface area contributed by atoms with Gasteiger partial charge in [0.15, 0.2) is 0 Å². The van der Waals surface area contributed by atoms with Gasteiger partial charge in [-0.15, -0.1) is 0 Å². The van der Waals surface area contributed by atoms with E-state index in [0.29, 0.717) is 13.1 Å². The van der Waals surface area contributed by atoms with E-state index in [1.165, 1.54) is 5.56 Å². The van der Waals surface area contributed by atoms with Crippen LogP contribution >= 0.6 is 0 Å². The highest BCUT2D eigenvalue weighted by molar-refractivity contribution is 5.81. The Bertz CT molecular complexity index is 661. The lowest BCUT2D eigenvalue weighted by atomic mass is 9.62. The summed E-state index contributed by atoms with van der Waals surface area (Å²) in [6.45, 7) is 9.14. The Balaban J connectivity index is 2.10. The standard InChI is InChI=1S/C22H35N3O2/c1-20(2,18(23)26)15-25(19(27)24-5)16-21(3)11-13-22(4,14-12-21)17-9-7-6-8-10-17/h6-10H,11-16H2,1-5H3,(H2,23,26)(H,24,27). The highest BCUT2D eigenvalue weighted by Crippen LogP contribution is 2.47. The van der Waals surface area contributed by atoms with Crippen molar-refractivity contribution in [2.24, 2.45) is 16.6 Å². The fourth-order valence-electron chi connectivity index (χ4n) is 4.07. The Labute approximate surface area is 163 Å². The normalized spacial score (nSPS) is 25.7. The van der Waals surface area contributed by atoms with Gasteiger partial charge >= 0.3 is 6.03 Å². The zero-order valence-corrected chi connectivity index (χ0v) is 17.5. The van der Waals surface area contributed by atoms with Crippen molar-refractivity contribution in [1.82, 2.24) is 10.2 Å². The van der Waals surface area contributed by atoms with Crippen LogP contribution in [-0.2, 0) is 10.2 Å². The van der Waals surface area contributed by atoms with Crippen LogP contribution in [0.3, 0.4) is 0 Å². The molecule has 2 rings (SSSR count). The van der Waals surface area contributed by atoms with Crippen LogP contribution in [0.1, 0.15) is 58.9 Å². The third-order valence-corrected chi connectivity index (χ3v) is 6.36. The molecule has 1 aromatic rings. The first-order valence-corrected chi connectivity index (χ1v) is 9.83. The maximum atomic E-state index is 12.4. The van der Waals surface area contributed by atoms with Crippen LogP contribution < -0.4 is 11.1 Å². The Morgan fingerprint density at radius 2 is 1.67 bits per heavy atom. The average Bonchev–Trinajstić information content (AvgIpc) is 2.64. The number of nitrogens with two attached hydrogens (primary N) is 1. The van der Waals surface area contributed by atoms with Crippen molar-refractivity contribution < 1.29 is 9.59 Å². The number of hydrogen-bond donors (Lipinski definition) is 2. The van der Waals surface area contributed by atoms with Gasteiger partial charge < -0.3 is 16.0 Å². The number of amides is 3. The molecular formula is C22H35N3O2. The lowest BCUT2D eigenvalue weighted by molar-refractivity contribution is -0.126. The zero-order chi connectivity index (χ0) is 20.3. The van der Waals surface area contributed by atoms with Crippen molar-refractivity contribution in [3.05, 3.63) is 35.9 Å². The van der Waals surface area contributed by atoms with Crippen LogP contribution in [0.15, 0.2) is 30.3 Å². The molecule has 1 fully saturated rings. The van der Waals surface area contributed by atoms with E-state index in [1.54, 1.807) is 25.8 Å². The molecule has 0 spiro atoms. The quantitative estimate of drug-likeness (QED) is 0.798. The molecule has 3 N–H and O–H groups in total. The van der Waals surface area contributed by atoms with E-state index in [4.69, 9.17) is 5.73 Å². The third kappa shape index (κ3) is 5.02. The van der Waals surface area contributed by atoms with Crippen LogP contribution in [-0.4, -0.2) is 37.0 Å². The molecule has 0 radical (unpaired) electrons. The van der Waals surface area contributed by atoms with Crippen molar-refractivity contribution in [2.75, 3.05) is 20.1 Å². The summed E-state index contributed by atoms with van der Waals surface area (Å²) in [5.41, 5.74) is 6.39. The number of primary amides is 1. The van der Waals surface area contributed by atoms with E-state index >= 15 is 0 Å².